The second-order valence-corrected chi connectivity index (χ2v) is 8.48. The van der Waals surface area contributed by atoms with E-state index in [1.807, 2.05) is 6.07 Å². The van der Waals surface area contributed by atoms with Gasteiger partial charge in [0.15, 0.2) is 0 Å². The van der Waals surface area contributed by atoms with Gasteiger partial charge >= 0.3 is 0 Å². The van der Waals surface area contributed by atoms with Crippen LogP contribution in [0, 0.1) is 12.7 Å². The zero-order valence-corrected chi connectivity index (χ0v) is 15.3. The minimum atomic E-state index is -4.00. The minimum absolute atomic E-state index is 0.109. The lowest BCUT2D eigenvalue weighted by atomic mass is 10.0. The van der Waals surface area contributed by atoms with Crippen LogP contribution in [0.2, 0.25) is 5.15 Å². The first-order valence-electron chi connectivity index (χ1n) is 6.93. The summed E-state index contributed by atoms with van der Waals surface area (Å²) in [7, 11) is -4.00. The zero-order valence-electron chi connectivity index (χ0n) is 12.2. The molecule has 23 heavy (non-hydrogen) atoms. The van der Waals surface area contributed by atoms with Crippen molar-refractivity contribution < 1.29 is 12.8 Å². The number of sulfonamides is 1. The third kappa shape index (κ3) is 2.97. The van der Waals surface area contributed by atoms with E-state index in [1.54, 1.807) is 6.92 Å². The van der Waals surface area contributed by atoms with Crippen molar-refractivity contribution in [3.8, 4) is 0 Å². The van der Waals surface area contributed by atoms with E-state index < -0.39 is 15.8 Å². The van der Waals surface area contributed by atoms with Gasteiger partial charge in [-0.05, 0) is 59.0 Å². The summed E-state index contributed by atoms with van der Waals surface area (Å²) in [6, 6.07) is 4.54. The molecule has 1 aromatic heterocycles. The van der Waals surface area contributed by atoms with Crippen LogP contribution in [0.1, 0.15) is 17.5 Å². The molecular weight excluding hydrogens is 407 g/mol. The molecule has 0 spiro atoms. The van der Waals surface area contributed by atoms with Crippen LogP contribution in [-0.4, -0.2) is 19.9 Å². The van der Waals surface area contributed by atoms with Crippen LogP contribution in [0.15, 0.2) is 33.8 Å². The molecule has 0 unspecified atom stereocenters. The predicted molar refractivity (Wildman–Crippen MR) is 90.9 cm³/mol. The number of nitrogens with zero attached hydrogens (tertiary/aromatic N) is 2. The Morgan fingerprint density at radius 1 is 1.35 bits per heavy atom. The lowest BCUT2D eigenvalue weighted by molar-refractivity contribution is 0.576. The number of halogens is 3. The van der Waals surface area contributed by atoms with Gasteiger partial charge in [0, 0.05) is 17.2 Å². The molecule has 0 fully saturated rings. The molecule has 0 saturated carbocycles. The van der Waals surface area contributed by atoms with Gasteiger partial charge in [0.2, 0.25) is 0 Å². The molecule has 122 valence electrons. The maximum Gasteiger partial charge on any atom is 0.267 e. The summed E-state index contributed by atoms with van der Waals surface area (Å²) in [6.45, 7) is 1.99. The maximum absolute atomic E-state index is 14.4. The van der Waals surface area contributed by atoms with Gasteiger partial charge in [0.05, 0.1) is 5.69 Å². The minimum Gasteiger partial charge on any atom is -0.263 e. The molecule has 2 heterocycles. The Morgan fingerprint density at radius 2 is 2.09 bits per heavy atom. The molecule has 0 amide bonds. The molecule has 0 N–H and O–H groups in total. The normalized spacial score (nSPS) is 14.7. The summed E-state index contributed by atoms with van der Waals surface area (Å²) in [5, 5.41) is -0.132. The van der Waals surface area contributed by atoms with E-state index in [0.717, 1.165) is 9.87 Å². The average molecular weight is 420 g/mol. The quantitative estimate of drug-likeness (QED) is 0.689. The molecular formula is C15H13BrClFN2O2S. The highest BCUT2D eigenvalue weighted by Crippen LogP contribution is 2.36. The standard InChI is InChI=1S/C15H13BrClFN2O2S/c1-9-5-10-3-2-4-20(14(10)12(18)6-9)23(21,22)13-7-11(16)8-19-15(13)17/h5-8H,2-4H2,1H3. The molecule has 0 radical (unpaired) electrons. The molecule has 1 aliphatic rings. The van der Waals surface area contributed by atoms with E-state index in [4.69, 9.17) is 11.6 Å². The third-order valence-electron chi connectivity index (χ3n) is 3.68. The van der Waals surface area contributed by atoms with Crippen molar-refractivity contribution in [3.63, 3.8) is 0 Å². The largest absolute Gasteiger partial charge is 0.267 e. The van der Waals surface area contributed by atoms with E-state index in [1.165, 1.54) is 18.3 Å². The van der Waals surface area contributed by atoms with Crippen LogP contribution in [0.5, 0.6) is 0 Å². The smallest absolute Gasteiger partial charge is 0.263 e. The fourth-order valence-electron chi connectivity index (χ4n) is 2.75. The number of hydrogen-bond donors (Lipinski definition) is 0. The Labute approximate surface area is 147 Å². The second-order valence-electron chi connectivity index (χ2n) is 5.38. The highest BCUT2D eigenvalue weighted by molar-refractivity contribution is 9.10. The van der Waals surface area contributed by atoms with Crippen molar-refractivity contribution in [2.45, 2.75) is 24.7 Å². The zero-order chi connectivity index (χ0) is 16.8. The van der Waals surface area contributed by atoms with Crippen LogP contribution in [0.3, 0.4) is 0 Å². The summed E-state index contributed by atoms with van der Waals surface area (Å²) in [5.74, 6) is -0.539. The third-order valence-corrected chi connectivity index (χ3v) is 6.34. The maximum atomic E-state index is 14.4. The van der Waals surface area contributed by atoms with Crippen molar-refractivity contribution in [3.05, 3.63) is 51.0 Å². The Balaban J connectivity index is 2.19. The van der Waals surface area contributed by atoms with Crippen molar-refractivity contribution in [1.29, 1.82) is 0 Å². The van der Waals surface area contributed by atoms with Gasteiger partial charge in [-0.2, -0.15) is 0 Å². The van der Waals surface area contributed by atoms with Crippen molar-refractivity contribution in [2.24, 2.45) is 0 Å². The number of fused-ring (bicyclic) bond motifs is 1. The molecule has 8 heteroatoms. The number of rotatable bonds is 2. The molecule has 1 aliphatic heterocycles. The summed E-state index contributed by atoms with van der Waals surface area (Å²) >= 11 is 9.15. The summed E-state index contributed by atoms with van der Waals surface area (Å²) in [6.07, 6.45) is 2.67. The highest BCUT2D eigenvalue weighted by Gasteiger charge is 2.33. The van der Waals surface area contributed by atoms with Crippen LogP contribution in [0.25, 0.3) is 0 Å². The average Bonchev–Trinajstić information content (AvgIpc) is 2.48. The summed E-state index contributed by atoms with van der Waals surface area (Å²) < 4.78 is 42.0. The van der Waals surface area contributed by atoms with Crippen molar-refractivity contribution in [1.82, 2.24) is 4.98 Å². The van der Waals surface area contributed by atoms with E-state index in [9.17, 15) is 12.8 Å². The van der Waals surface area contributed by atoms with Gasteiger partial charge in [-0.1, -0.05) is 17.7 Å². The van der Waals surface area contributed by atoms with E-state index in [0.29, 0.717) is 22.9 Å². The van der Waals surface area contributed by atoms with Gasteiger partial charge in [0.1, 0.15) is 15.9 Å². The second kappa shape index (κ2) is 6.03. The summed E-state index contributed by atoms with van der Waals surface area (Å²) in [4.78, 5) is 3.71. The SMILES string of the molecule is Cc1cc(F)c2c(c1)CCCN2S(=O)(=O)c1cc(Br)cnc1Cl. The van der Waals surface area contributed by atoms with E-state index in [-0.39, 0.29) is 22.3 Å². The van der Waals surface area contributed by atoms with Gasteiger partial charge in [-0.3, -0.25) is 4.31 Å². The first-order valence-corrected chi connectivity index (χ1v) is 9.54. The first kappa shape index (κ1) is 16.7. The van der Waals surface area contributed by atoms with Crippen LogP contribution >= 0.6 is 27.5 Å². The van der Waals surface area contributed by atoms with Crippen LogP contribution in [0.4, 0.5) is 10.1 Å². The molecule has 2 aromatic rings. The Bertz CT molecular complexity index is 889. The van der Waals surface area contributed by atoms with E-state index >= 15 is 0 Å². The molecule has 0 aliphatic carbocycles. The monoisotopic (exact) mass is 418 g/mol. The first-order chi connectivity index (χ1) is 10.8. The van der Waals surface area contributed by atoms with Crippen molar-refractivity contribution >= 4 is 43.2 Å². The fraction of sp³-hybridized carbons (Fsp3) is 0.267. The number of pyridine rings is 1. The lowest BCUT2D eigenvalue weighted by Gasteiger charge is -2.31. The Hall–Kier alpha value is -1.18. The molecule has 4 nitrogen and oxygen atoms in total. The Kier molecular flexibility index (Phi) is 4.37. The van der Waals surface area contributed by atoms with Crippen LogP contribution in [-0.2, 0) is 16.4 Å². The fourth-order valence-corrected chi connectivity index (χ4v) is 5.22. The van der Waals surface area contributed by atoms with Crippen molar-refractivity contribution in [2.75, 3.05) is 10.8 Å². The summed E-state index contributed by atoms with van der Waals surface area (Å²) in [5.41, 5.74) is 1.57. The molecule has 0 atom stereocenters. The lowest BCUT2D eigenvalue weighted by Crippen LogP contribution is -2.36. The number of benzene rings is 1. The van der Waals surface area contributed by atoms with Gasteiger partial charge in [0.25, 0.3) is 10.0 Å². The Morgan fingerprint density at radius 3 is 2.83 bits per heavy atom. The number of aromatic nitrogens is 1. The number of aryl methyl sites for hydroxylation is 2. The van der Waals surface area contributed by atoms with Crippen LogP contribution < -0.4 is 4.31 Å². The molecule has 3 rings (SSSR count). The highest BCUT2D eigenvalue weighted by atomic mass is 79.9. The van der Waals surface area contributed by atoms with Gasteiger partial charge < -0.3 is 0 Å². The van der Waals surface area contributed by atoms with Gasteiger partial charge in [-0.15, -0.1) is 0 Å². The topological polar surface area (TPSA) is 50.3 Å². The molecule has 0 bridgehead atoms. The molecule has 0 saturated heterocycles. The number of anilines is 1. The van der Waals surface area contributed by atoms with Gasteiger partial charge in [-0.25, -0.2) is 17.8 Å². The molecule has 1 aromatic carbocycles. The van der Waals surface area contributed by atoms with E-state index in [2.05, 4.69) is 20.9 Å². The predicted octanol–water partition coefficient (Wildman–Crippen LogP) is 4.09. The number of hydrogen-bond acceptors (Lipinski definition) is 3.